The predicted molar refractivity (Wildman–Crippen MR) is 73.4 cm³/mol. The van der Waals surface area contributed by atoms with Crippen molar-refractivity contribution in [2.24, 2.45) is 0 Å². The van der Waals surface area contributed by atoms with Crippen molar-refractivity contribution in [1.29, 1.82) is 0 Å². The molecule has 0 radical (unpaired) electrons. The molecule has 0 aliphatic rings. The van der Waals surface area contributed by atoms with Crippen LogP contribution in [0.25, 0.3) is 0 Å². The fourth-order valence-corrected chi connectivity index (χ4v) is 1.81. The molecule has 3 N–H and O–H groups in total. The van der Waals surface area contributed by atoms with E-state index in [4.69, 9.17) is 9.84 Å². The second-order valence-electron chi connectivity index (χ2n) is 4.37. The Morgan fingerprint density at radius 1 is 1.23 bits per heavy atom. The van der Waals surface area contributed by atoms with Crippen LogP contribution in [0.15, 0.2) is 36.4 Å². The summed E-state index contributed by atoms with van der Waals surface area (Å²) in [5, 5.41) is 32.8. The summed E-state index contributed by atoms with van der Waals surface area (Å²) in [5.74, 6) is -0.952. The Kier molecular flexibility index (Phi) is 6.55. The molecular weight excluding hydrogens is 297 g/mol. The molecule has 22 heavy (non-hydrogen) atoms. The molecule has 0 aromatic heterocycles. The standard InChI is InChI=1S/C15H15NO5.Na/c1-21-14-6-9(2-5-12(14)18)8-16-15(20)11-4-3-10(17)7-13(11)19;/h2-7,17-19H,8H2,1H3,(H,16,20);/q;+1/p-1. The van der Waals surface area contributed by atoms with Crippen molar-refractivity contribution in [3.63, 3.8) is 0 Å². The third-order valence-corrected chi connectivity index (χ3v) is 2.91. The third kappa shape index (κ3) is 4.30. The fourth-order valence-electron chi connectivity index (χ4n) is 1.81. The molecular formula is C15H14NNaO5. The van der Waals surface area contributed by atoms with Gasteiger partial charge in [-0.05, 0) is 35.9 Å². The third-order valence-electron chi connectivity index (χ3n) is 2.91. The Hall–Kier alpha value is -1.89. The fraction of sp³-hybridized carbons (Fsp3) is 0.133. The number of hydrogen-bond donors (Lipinski definition) is 3. The molecule has 2 rings (SSSR count). The van der Waals surface area contributed by atoms with E-state index in [1.54, 1.807) is 12.1 Å². The molecule has 0 aliphatic carbocycles. The van der Waals surface area contributed by atoms with Gasteiger partial charge in [-0.3, -0.25) is 4.79 Å². The number of carbonyl (C=O) groups is 1. The predicted octanol–water partition coefficient (Wildman–Crippen LogP) is -1.89. The number of carbonyl (C=O) groups excluding carboxylic acids is 1. The molecule has 2 aromatic carbocycles. The van der Waals surface area contributed by atoms with E-state index >= 15 is 0 Å². The minimum Gasteiger partial charge on any atom is -0.872 e. The van der Waals surface area contributed by atoms with E-state index in [0.29, 0.717) is 11.3 Å². The second kappa shape index (κ2) is 7.93. The summed E-state index contributed by atoms with van der Waals surface area (Å²) in [6.45, 7) is 0.176. The molecule has 7 heteroatoms. The largest absolute Gasteiger partial charge is 1.00 e. The van der Waals surface area contributed by atoms with E-state index in [1.807, 2.05) is 0 Å². The number of phenols is 2. The van der Waals surface area contributed by atoms with Gasteiger partial charge in [0.25, 0.3) is 5.91 Å². The maximum Gasteiger partial charge on any atom is 1.00 e. The van der Waals surface area contributed by atoms with Crippen LogP contribution in [0.3, 0.4) is 0 Å². The summed E-state index contributed by atoms with van der Waals surface area (Å²) < 4.78 is 4.97. The van der Waals surface area contributed by atoms with Crippen molar-refractivity contribution in [1.82, 2.24) is 5.32 Å². The number of ether oxygens (including phenoxy) is 1. The van der Waals surface area contributed by atoms with Gasteiger partial charge in [0.1, 0.15) is 5.75 Å². The van der Waals surface area contributed by atoms with Crippen LogP contribution < -0.4 is 44.7 Å². The molecule has 2 aromatic rings. The molecule has 0 fully saturated rings. The van der Waals surface area contributed by atoms with E-state index in [0.717, 1.165) is 6.07 Å². The number of phenolic OH excluding ortho intramolecular Hbond substituents is 2. The van der Waals surface area contributed by atoms with Gasteiger partial charge in [0.2, 0.25) is 0 Å². The number of nitrogens with one attached hydrogen (secondary N) is 1. The van der Waals surface area contributed by atoms with Gasteiger partial charge >= 0.3 is 29.6 Å². The van der Waals surface area contributed by atoms with Crippen LogP contribution >= 0.6 is 0 Å². The minimum absolute atomic E-state index is 0. The number of aromatic hydroxyl groups is 2. The molecule has 0 bridgehead atoms. The second-order valence-corrected chi connectivity index (χ2v) is 4.37. The zero-order chi connectivity index (χ0) is 15.4. The van der Waals surface area contributed by atoms with Crippen LogP contribution in [0.5, 0.6) is 23.0 Å². The van der Waals surface area contributed by atoms with Gasteiger partial charge in [-0.25, -0.2) is 0 Å². The monoisotopic (exact) mass is 311 g/mol. The average Bonchev–Trinajstić information content (AvgIpc) is 2.46. The summed E-state index contributed by atoms with van der Waals surface area (Å²) in [5.41, 5.74) is 0.669. The first-order valence-corrected chi connectivity index (χ1v) is 6.15. The number of amides is 1. The normalized spacial score (nSPS) is 9.68. The van der Waals surface area contributed by atoms with Crippen molar-refractivity contribution in [3.05, 3.63) is 47.5 Å². The van der Waals surface area contributed by atoms with Crippen molar-refractivity contribution in [2.75, 3.05) is 7.11 Å². The number of methoxy groups -OCH3 is 1. The van der Waals surface area contributed by atoms with Crippen LogP contribution in [0.2, 0.25) is 0 Å². The molecule has 0 unspecified atom stereocenters. The van der Waals surface area contributed by atoms with Crippen molar-refractivity contribution < 1.29 is 54.4 Å². The summed E-state index contributed by atoms with van der Waals surface area (Å²) in [7, 11) is 1.43. The Labute approximate surface area is 149 Å². The number of benzene rings is 2. The molecule has 0 atom stereocenters. The van der Waals surface area contributed by atoms with Gasteiger partial charge in [0.15, 0.2) is 11.5 Å². The Morgan fingerprint density at radius 3 is 2.59 bits per heavy atom. The quantitative estimate of drug-likeness (QED) is 0.573. The first-order valence-electron chi connectivity index (χ1n) is 6.15. The number of hydrogen-bond acceptors (Lipinski definition) is 5. The molecule has 0 saturated heterocycles. The van der Waals surface area contributed by atoms with E-state index in [1.165, 1.54) is 25.3 Å². The molecule has 1 amide bonds. The van der Waals surface area contributed by atoms with Gasteiger partial charge in [0, 0.05) is 12.1 Å². The molecule has 0 spiro atoms. The summed E-state index contributed by atoms with van der Waals surface area (Å²) in [6, 6.07) is 8.21. The minimum atomic E-state index is -0.546. The number of rotatable bonds is 4. The van der Waals surface area contributed by atoms with Gasteiger partial charge < -0.3 is 25.4 Å². The van der Waals surface area contributed by atoms with E-state index in [2.05, 4.69) is 5.32 Å². The van der Waals surface area contributed by atoms with Gasteiger partial charge in [-0.15, -0.1) is 0 Å². The SMILES string of the molecule is COc1cc(CNC(=O)c2ccc(O)cc2[O-])ccc1O.[Na+]. The first kappa shape index (κ1) is 18.2. The maximum absolute atomic E-state index is 11.9. The molecule has 0 saturated carbocycles. The zero-order valence-corrected chi connectivity index (χ0v) is 14.3. The van der Waals surface area contributed by atoms with Gasteiger partial charge in [0.05, 0.1) is 7.11 Å². The smallest absolute Gasteiger partial charge is 0.872 e. The Morgan fingerprint density at radius 2 is 1.95 bits per heavy atom. The topological polar surface area (TPSA) is 102 Å². The maximum atomic E-state index is 11.9. The van der Waals surface area contributed by atoms with E-state index in [9.17, 15) is 15.0 Å². The van der Waals surface area contributed by atoms with Crippen LogP contribution in [0.1, 0.15) is 15.9 Å². The first-order chi connectivity index (χ1) is 10.0. The average molecular weight is 311 g/mol. The molecule has 0 aliphatic heterocycles. The van der Waals surface area contributed by atoms with E-state index < -0.39 is 11.7 Å². The zero-order valence-electron chi connectivity index (χ0n) is 12.3. The van der Waals surface area contributed by atoms with Crippen LogP contribution in [0, 0.1) is 0 Å². The summed E-state index contributed by atoms with van der Waals surface area (Å²) in [4.78, 5) is 11.9. The van der Waals surface area contributed by atoms with Crippen LogP contribution in [-0.4, -0.2) is 23.2 Å². The van der Waals surface area contributed by atoms with Crippen molar-refractivity contribution in [3.8, 4) is 23.0 Å². The van der Waals surface area contributed by atoms with Crippen molar-refractivity contribution >= 4 is 5.91 Å². The van der Waals surface area contributed by atoms with Crippen molar-refractivity contribution in [2.45, 2.75) is 6.54 Å². The van der Waals surface area contributed by atoms with E-state index in [-0.39, 0.29) is 53.2 Å². The summed E-state index contributed by atoms with van der Waals surface area (Å²) >= 11 is 0. The molecule has 0 heterocycles. The van der Waals surface area contributed by atoms with Crippen LogP contribution in [0.4, 0.5) is 0 Å². The van der Waals surface area contributed by atoms with Gasteiger partial charge in [-0.2, -0.15) is 0 Å². The Balaban J connectivity index is 0.00000242. The molecule has 110 valence electrons. The molecule has 6 nitrogen and oxygen atoms in total. The summed E-state index contributed by atoms with van der Waals surface area (Å²) in [6.07, 6.45) is 0. The Bertz CT molecular complexity index is 675. The van der Waals surface area contributed by atoms with Crippen LogP contribution in [-0.2, 0) is 6.54 Å². The van der Waals surface area contributed by atoms with Gasteiger partial charge in [-0.1, -0.05) is 11.8 Å².